The minimum absolute atomic E-state index is 0.0574. The highest BCUT2D eigenvalue weighted by Gasteiger charge is 2.37. The Morgan fingerprint density at radius 3 is 2.38 bits per heavy atom. The van der Waals surface area contributed by atoms with Crippen LogP contribution in [-0.4, -0.2) is 54.0 Å². The standard InChI is InChI=1S/C15H29F3N2O/c1-3-9-19-14(2,12-21)8-4-5-10-20(13-6-7-13)11-15(16,17)18/h13,19,21H,3-12H2,1-2H3. The second-order valence-electron chi connectivity index (χ2n) is 6.42. The number of aliphatic hydroxyl groups is 1. The van der Waals surface area contributed by atoms with Crippen molar-refractivity contribution in [3.63, 3.8) is 0 Å². The predicted octanol–water partition coefficient (Wildman–Crippen LogP) is 2.93. The summed E-state index contributed by atoms with van der Waals surface area (Å²) in [4.78, 5) is 1.57. The number of hydrogen-bond donors (Lipinski definition) is 2. The van der Waals surface area contributed by atoms with Gasteiger partial charge in [0.15, 0.2) is 0 Å². The van der Waals surface area contributed by atoms with E-state index < -0.39 is 12.7 Å². The first-order valence-electron chi connectivity index (χ1n) is 7.96. The van der Waals surface area contributed by atoms with Crippen molar-refractivity contribution in [1.29, 1.82) is 0 Å². The van der Waals surface area contributed by atoms with Crippen LogP contribution in [0.2, 0.25) is 0 Å². The molecule has 1 rings (SSSR count). The van der Waals surface area contributed by atoms with Crippen molar-refractivity contribution in [3.8, 4) is 0 Å². The molecule has 1 unspecified atom stereocenters. The van der Waals surface area contributed by atoms with Gasteiger partial charge in [-0.05, 0) is 52.1 Å². The maximum Gasteiger partial charge on any atom is 0.401 e. The Kier molecular flexibility index (Phi) is 7.44. The van der Waals surface area contributed by atoms with Crippen molar-refractivity contribution in [1.82, 2.24) is 10.2 Å². The van der Waals surface area contributed by atoms with Crippen molar-refractivity contribution in [3.05, 3.63) is 0 Å². The number of halogens is 3. The molecule has 0 amide bonds. The lowest BCUT2D eigenvalue weighted by molar-refractivity contribution is -0.147. The number of alkyl halides is 3. The van der Waals surface area contributed by atoms with E-state index in [1.807, 2.05) is 6.92 Å². The average molecular weight is 310 g/mol. The quantitative estimate of drug-likeness (QED) is 0.576. The fraction of sp³-hybridized carbons (Fsp3) is 1.00. The first kappa shape index (κ1) is 18.7. The van der Waals surface area contributed by atoms with Crippen molar-refractivity contribution < 1.29 is 18.3 Å². The predicted molar refractivity (Wildman–Crippen MR) is 78.3 cm³/mol. The molecule has 0 aromatic carbocycles. The van der Waals surface area contributed by atoms with Crippen LogP contribution in [0.25, 0.3) is 0 Å². The Morgan fingerprint density at radius 1 is 1.24 bits per heavy atom. The van der Waals surface area contributed by atoms with Gasteiger partial charge in [-0.3, -0.25) is 4.90 Å². The van der Waals surface area contributed by atoms with E-state index in [9.17, 15) is 18.3 Å². The van der Waals surface area contributed by atoms with E-state index in [0.717, 1.165) is 45.1 Å². The summed E-state index contributed by atoms with van der Waals surface area (Å²) in [6, 6.07) is 0.133. The molecule has 1 fully saturated rings. The number of aliphatic hydroxyl groups excluding tert-OH is 1. The third-order valence-corrected chi connectivity index (χ3v) is 4.02. The molecule has 0 aromatic rings. The van der Waals surface area contributed by atoms with E-state index in [4.69, 9.17) is 0 Å². The molecule has 21 heavy (non-hydrogen) atoms. The van der Waals surface area contributed by atoms with Crippen molar-refractivity contribution >= 4 is 0 Å². The maximum atomic E-state index is 12.5. The largest absolute Gasteiger partial charge is 0.401 e. The Hall–Kier alpha value is -0.330. The molecular formula is C15H29F3N2O. The van der Waals surface area contributed by atoms with Crippen LogP contribution in [-0.2, 0) is 0 Å². The molecule has 0 aliphatic heterocycles. The Bertz CT molecular complexity index is 295. The normalized spacial score (nSPS) is 19.0. The van der Waals surface area contributed by atoms with Crippen LogP contribution in [0.4, 0.5) is 13.2 Å². The summed E-state index contributed by atoms with van der Waals surface area (Å²) in [5, 5.41) is 12.8. The molecule has 0 heterocycles. The van der Waals surface area contributed by atoms with Crippen LogP contribution in [0.5, 0.6) is 0 Å². The summed E-state index contributed by atoms with van der Waals surface area (Å²) < 4.78 is 37.5. The van der Waals surface area contributed by atoms with E-state index in [0.29, 0.717) is 6.54 Å². The molecule has 3 nitrogen and oxygen atoms in total. The van der Waals surface area contributed by atoms with E-state index in [1.54, 1.807) is 4.90 Å². The van der Waals surface area contributed by atoms with Gasteiger partial charge < -0.3 is 10.4 Å². The number of rotatable bonds is 11. The van der Waals surface area contributed by atoms with Gasteiger partial charge in [0.05, 0.1) is 13.2 Å². The van der Waals surface area contributed by atoms with Crippen molar-refractivity contribution in [2.24, 2.45) is 0 Å². The van der Waals surface area contributed by atoms with Gasteiger partial charge in [-0.2, -0.15) is 13.2 Å². The summed E-state index contributed by atoms with van der Waals surface area (Å²) in [6.45, 7) is 4.65. The lowest BCUT2D eigenvalue weighted by Gasteiger charge is -2.29. The van der Waals surface area contributed by atoms with E-state index in [2.05, 4.69) is 12.2 Å². The summed E-state index contributed by atoms with van der Waals surface area (Å²) >= 11 is 0. The summed E-state index contributed by atoms with van der Waals surface area (Å²) in [7, 11) is 0. The molecular weight excluding hydrogens is 281 g/mol. The fourth-order valence-electron chi connectivity index (χ4n) is 2.54. The lowest BCUT2D eigenvalue weighted by atomic mass is 9.95. The Morgan fingerprint density at radius 2 is 1.90 bits per heavy atom. The molecule has 0 radical (unpaired) electrons. The van der Waals surface area contributed by atoms with Gasteiger partial charge >= 0.3 is 6.18 Å². The monoisotopic (exact) mass is 310 g/mol. The van der Waals surface area contributed by atoms with Gasteiger partial charge in [-0.25, -0.2) is 0 Å². The highest BCUT2D eigenvalue weighted by Crippen LogP contribution is 2.30. The molecule has 1 atom stereocenters. The highest BCUT2D eigenvalue weighted by atomic mass is 19.4. The first-order valence-corrected chi connectivity index (χ1v) is 7.96. The zero-order valence-corrected chi connectivity index (χ0v) is 13.2. The third-order valence-electron chi connectivity index (χ3n) is 4.02. The van der Waals surface area contributed by atoms with Crippen molar-refractivity contribution in [2.75, 3.05) is 26.2 Å². The maximum absolute atomic E-state index is 12.5. The van der Waals surface area contributed by atoms with Crippen LogP contribution < -0.4 is 5.32 Å². The van der Waals surface area contributed by atoms with Crippen molar-refractivity contribution in [2.45, 2.75) is 70.1 Å². The smallest absolute Gasteiger partial charge is 0.394 e. The second-order valence-corrected chi connectivity index (χ2v) is 6.42. The molecule has 6 heteroatoms. The minimum Gasteiger partial charge on any atom is -0.394 e. The molecule has 126 valence electrons. The Balaban J connectivity index is 2.27. The summed E-state index contributed by atoms with van der Waals surface area (Å²) in [6.07, 6.45) is 1.03. The van der Waals surface area contributed by atoms with Gasteiger partial charge in [-0.1, -0.05) is 13.3 Å². The summed E-state index contributed by atoms with van der Waals surface area (Å²) in [5.41, 5.74) is -0.315. The topological polar surface area (TPSA) is 35.5 Å². The minimum atomic E-state index is -4.11. The zero-order chi connectivity index (χ0) is 15.9. The van der Waals surface area contributed by atoms with Gasteiger partial charge in [0.25, 0.3) is 0 Å². The zero-order valence-electron chi connectivity index (χ0n) is 13.2. The van der Waals surface area contributed by atoms with E-state index in [1.165, 1.54) is 0 Å². The summed E-state index contributed by atoms with van der Waals surface area (Å²) in [5.74, 6) is 0. The van der Waals surface area contributed by atoms with Gasteiger partial charge in [0.1, 0.15) is 0 Å². The van der Waals surface area contributed by atoms with Crippen LogP contribution in [0, 0.1) is 0 Å². The molecule has 0 saturated heterocycles. The number of nitrogens with zero attached hydrogens (tertiary/aromatic N) is 1. The Labute approximate surface area is 125 Å². The van der Waals surface area contributed by atoms with Gasteiger partial charge in [0.2, 0.25) is 0 Å². The number of unbranched alkanes of at least 4 members (excludes halogenated alkanes) is 1. The van der Waals surface area contributed by atoms with Crippen LogP contribution in [0.1, 0.15) is 52.4 Å². The number of hydrogen-bond acceptors (Lipinski definition) is 3. The average Bonchev–Trinajstić information content (AvgIpc) is 3.23. The lowest BCUT2D eigenvalue weighted by Crippen LogP contribution is -2.46. The second kappa shape index (κ2) is 8.34. The van der Waals surface area contributed by atoms with Gasteiger partial charge in [0, 0.05) is 11.6 Å². The molecule has 0 aromatic heterocycles. The van der Waals surface area contributed by atoms with Crippen LogP contribution in [0.15, 0.2) is 0 Å². The molecule has 0 spiro atoms. The molecule has 2 N–H and O–H groups in total. The molecule has 0 bridgehead atoms. The third kappa shape index (κ3) is 8.02. The SMILES string of the molecule is CCCNC(C)(CO)CCCCN(CC(F)(F)F)C1CC1. The van der Waals surface area contributed by atoms with E-state index >= 15 is 0 Å². The molecule has 1 aliphatic rings. The number of nitrogens with one attached hydrogen (secondary N) is 1. The fourth-order valence-corrected chi connectivity index (χ4v) is 2.54. The molecule has 1 saturated carbocycles. The van der Waals surface area contributed by atoms with Gasteiger partial charge in [-0.15, -0.1) is 0 Å². The molecule has 1 aliphatic carbocycles. The van der Waals surface area contributed by atoms with Crippen LogP contribution >= 0.6 is 0 Å². The van der Waals surface area contributed by atoms with E-state index in [-0.39, 0.29) is 18.2 Å². The first-order chi connectivity index (χ1) is 9.79. The van der Waals surface area contributed by atoms with Crippen LogP contribution in [0.3, 0.4) is 0 Å². The highest BCUT2D eigenvalue weighted by molar-refractivity contribution is 4.86.